The molecule has 4 N–H and O–H groups in total. The van der Waals surface area contributed by atoms with E-state index in [1.54, 1.807) is 24.3 Å². The summed E-state index contributed by atoms with van der Waals surface area (Å²) in [7, 11) is 0. The number of amides is 1. The van der Waals surface area contributed by atoms with Crippen molar-refractivity contribution in [1.82, 2.24) is 0 Å². The van der Waals surface area contributed by atoms with Crippen molar-refractivity contribution in [2.24, 2.45) is 5.73 Å². The minimum Gasteiger partial charge on any atom is -0.506 e. The fourth-order valence-electron chi connectivity index (χ4n) is 1.91. The minimum atomic E-state index is -0.260. The molecule has 0 atom stereocenters. The van der Waals surface area contributed by atoms with Crippen LogP contribution in [0.25, 0.3) is 0 Å². The highest BCUT2D eigenvalue weighted by atomic mass is 35.5. The average molecular weight is 337 g/mol. The number of nitrogens with one attached hydrogen (secondary N) is 1. The summed E-state index contributed by atoms with van der Waals surface area (Å²) in [6.07, 6.45) is 0. The molecule has 22 heavy (non-hydrogen) atoms. The summed E-state index contributed by atoms with van der Waals surface area (Å²) < 4.78 is 0. The number of nitrogens with two attached hydrogens (primary N) is 1. The fraction of sp³-hybridized carbons (Fsp3) is 0.125. The van der Waals surface area contributed by atoms with Gasteiger partial charge in [0.2, 0.25) is 0 Å². The van der Waals surface area contributed by atoms with Crippen molar-refractivity contribution < 1.29 is 9.90 Å². The van der Waals surface area contributed by atoms with Gasteiger partial charge in [-0.15, -0.1) is 0 Å². The topological polar surface area (TPSA) is 75.3 Å². The third kappa shape index (κ3) is 5.35. The second kappa shape index (κ2) is 8.36. The quantitative estimate of drug-likeness (QED) is 0.575. The average Bonchev–Trinajstić information content (AvgIpc) is 2.41. The molecule has 0 saturated heterocycles. The van der Waals surface area contributed by atoms with Gasteiger partial charge in [0.25, 0.3) is 5.91 Å². The molecule has 4 nitrogen and oxygen atoms in total. The van der Waals surface area contributed by atoms with Crippen LogP contribution in [0.5, 0.6) is 5.75 Å². The highest BCUT2D eigenvalue weighted by molar-refractivity contribution is 7.78. The third-order valence-corrected chi connectivity index (χ3v) is 2.93. The molecule has 0 heterocycles. The fourth-order valence-corrected chi connectivity index (χ4v) is 2.08. The van der Waals surface area contributed by atoms with E-state index in [0.717, 1.165) is 16.6 Å². The van der Waals surface area contributed by atoms with Gasteiger partial charge in [0.15, 0.2) is 0 Å². The Morgan fingerprint density at radius 3 is 2.27 bits per heavy atom. The Labute approximate surface area is 139 Å². The van der Waals surface area contributed by atoms with Crippen LogP contribution in [0, 0.1) is 13.8 Å². The van der Waals surface area contributed by atoms with Crippen molar-refractivity contribution in [2.45, 2.75) is 13.8 Å². The summed E-state index contributed by atoms with van der Waals surface area (Å²) in [6, 6.07) is 10.2. The largest absolute Gasteiger partial charge is 0.506 e. The Morgan fingerprint density at radius 2 is 1.77 bits per heavy atom. The molecule has 0 aromatic heterocycles. The van der Waals surface area contributed by atoms with Gasteiger partial charge in [-0.3, -0.25) is 4.79 Å². The molecule has 6 heteroatoms. The van der Waals surface area contributed by atoms with Crippen molar-refractivity contribution in [2.75, 3.05) is 5.32 Å². The van der Waals surface area contributed by atoms with Crippen LogP contribution in [0.1, 0.15) is 21.5 Å². The van der Waals surface area contributed by atoms with E-state index in [1.807, 2.05) is 19.9 Å². The molecule has 2 aromatic carbocycles. The molecule has 2 rings (SSSR count). The van der Waals surface area contributed by atoms with Gasteiger partial charge in [-0.1, -0.05) is 41.0 Å². The molecular formula is C16H17ClN2O2S. The van der Waals surface area contributed by atoms with Crippen LogP contribution in [-0.2, 0) is 0 Å². The van der Waals surface area contributed by atoms with E-state index in [2.05, 4.69) is 23.3 Å². The molecule has 0 aliphatic rings. The lowest BCUT2D eigenvalue weighted by Gasteiger charge is -2.09. The van der Waals surface area contributed by atoms with Gasteiger partial charge in [-0.05, 0) is 38.1 Å². The number of aryl methyl sites for hydroxylation is 2. The smallest absolute Gasteiger partial charge is 0.255 e. The van der Waals surface area contributed by atoms with Gasteiger partial charge in [0, 0.05) is 16.7 Å². The number of thiocarbonyl (C=S) groups is 1. The predicted molar refractivity (Wildman–Crippen MR) is 94.8 cm³/mol. The van der Waals surface area contributed by atoms with Crippen LogP contribution in [0.2, 0.25) is 5.02 Å². The number of phenols is 1. The number of carbonyl (C=O) groups is 1. The molecule has 1 amide bonds. The summed E-state index contributed by atoms with van der Waals surface area (Å²) in [5.41, 5.74) is 8.56. The number of halogens is 1. The maximum atomic E-state index is 12.1. The van der Waals surface area contributed by atoms with Crippen molar-refractivity contribution in [3.63, 3.8) is 0 Å². The first-order chi connectivity index (χ1) is 10.4. The Balaban J connectivity index is 0.000000745. The first-order valence-electron chi connectivity index (χ1n) is 6.41. The van der Waals surface area contributed by atoms with Gasteiger partial charge < -0.3 is 16.2 Å². The zero-order valence-corrected chi connectivity index (χ0v) is 13.8. The lowest BCUT2D eigenvalue weighted by molar-refractivity contribution is 0.102. The Morgan fingerprint density at radius 1 is 1.23 bits per heavy atom. The number of carbonyl (C=O) groups excluding carboxylic acids is 1. The van der Waals surface area contributed by atoms with Crippen molar-refractivity contribution >= 4 is 40.9 Å². The van der Waals surface area contributed by atoms with E-state index in [9.17, 15) is 9.90 Å². The standard InChI is InChI=1S/C15H14ClNO2.CH3NS/c1-9-5-10(2)7-11(6-9)15(19)17-13-4-3-12(16)8-14(13)18;2-1-3/h3-8,18H,1-2H3,(H,17,19);1H,(H2,2,3). The molecule has 2 aromatic rings. The molecule has 116 valence electrons. The number of rotatable bonds is 2. The molecule has 0 bridgehead atoms. The first-order valence-corrected chi connectivity index (χ1v) is 7.26. The van der Waals surface area contributed by atoms with E-state index < -0.39 is 0 Å². The number of phenolic OH excluding ortho intramolecular Hbond substituents is 1. The zero-order valence-electron chi connectivity index (χ0n) is 12.3. The van der Waals surface area contributed by atoms with E-state index in [-0.39, 0.29) is 11.7 Å². The van der Waals surface area contributed by atoms with Crippen molar-refractivity contribution in [3.05, 3.63) is 58.1 Å². The van der Waals surface area contributed by atoms with Gasteiger partial charge >= 0.3 is 0 Å². The number of anilines is 1. The third-order valence-electron chi connectivity index (χ3n) is 2.69. The summed E-state index contributed by atoms with van der Waals surface area (Å²) in [5, 5.41) is 12.8. The number of hydrogen-bond acceptors (Lipinski definition) is 3. The van der Waals surface area contributed by atoms with E-state index in [0.29, 0.717) is 16.3 Å². The van der Waals surface area contributed by atoms with Crippen LogP contribution in [0.4, 0.5) is 5.69 Å². The van der Waals surface area contributed by atoms with E-state index >= 15 is 0 Å². The van der Waals surface area contributed by atoms with Gasteiger partial charge in [0.1, 0.15) is 5.75 Å². The molecular weight excluding hydrogens is 320 g/mol. The summed E-state index contributed by atoms with van der Waals surface area (Å²) >= 11 is 9.79. The number of hydrogen-bond donors (Lipinski definition) is 3. The lowest BCUT2D eigenvalue weighted by atomic mass is 10.1. The predicted octanol–water partition coefficient (Wildman–Crippen LogP) is 3.82. The summed E-state index contributed by atoms with van der Waals surface area (Å²) in [6.45, 7) is 3.87. The Bertz CT molecular complexity index is 670. The van der Waals surface area contributed by atoms with Gasteiger partial charge in [-0.25, -0.2) is 0 Å². The lowest BCUT2D eigenvalue weighted by Crippen LogP contribution is -2.12. The maximum Gasteiger partial charge on any atom is 0.255 e. The second-order valence-electron chi connectivity index (χ2n) is 4.63. The molecule has 0 spiro atoms. The molecule has 0 aliphatic heterocycles. The number of aromatic hydroxyl groups is 1. The normalized spacial score (nSPS) is 9.41. The second-order valence-corrected chi connectivity index (χ2v) is 5.34. The Hall–Kier alpha value is -2.11. The van der Waals surface area contributed by atoms with Crippen molar-refractivity contribution in [3.8, 4) is 5.75 Å². The van der Waals surface area contributed by atoms with Crippen LogP contribution in [-0.4, -0.2) is 16.5 Å². The zero-order chi connectivity index (χ0) is 16.7. The highest BCUT2D eigenvalue weighted by Crippen LogP contribution is 2.27. The minimum absolute atomic E-state index is 0.0507. The maximum absolute atomic E-state index is 12.1. The summed E-state index contributed by atoms with van der Waals surface area (Å²) in [4.78, 5) is 12.1. The van der Waals surface area contributed by atoms with Crippen LogP contribution in [0.3, 0.4) is 0 Å². The van der Waals surface area contributed by atoms with Crippen LogP contribution in [0.15, 0.2) is 36.4 Å². The number of benzene rings is 2. The van der Waals surface area contributed by atoms with Gasteiger partial charge in [-0.2, -0.15) is 0 Å². The van der Waals surface area contributed by atoms with E-state index in [4.69, 9.17) is 11.6 Å². The first kappa shape index (κ1) is 17.9. The van der Waals surface area contributed by atoms with E-state index in [1.165, 1.54) is 6.07 Å². The molecule has 0 saturated carbocycles. The SMILES string of the molecule is Cc1cc(C)cc(C(=O)Nc2ccc(Cl)cc2O)c1.NC=S. The van der Waals surface area contributed by atoms with Crippen molar-refractivity contribution in [1.29, 1.82) is 0 Å². The summed E-state index contributed by atoms with van der Waals surface area (Å²) in [5.74, 6) is -0.311. The van der Waals surface area contributed by atoms with Gasteiger partial charge in [0.05, 0.1) is 11.2 Å². The molecule has 0 aliphatic carbocycles. The Kier molecular flexibility index (Phi) is 6.82. The monoisotopic (exact) mass is 336 g/mol. The molecule has 0 unspecified atom stereocenters. The molecule has 0 fully saturated rings. The highest BCUT2D eigenvalue weighted by Gasteiger charge is 2.10. The molecule has 0 radical (unpaired) electrons. The van der Waals surface area contributed by atoms with Crippen LogP contribution >= 0.6 is 23.8 Å². The van der Waals surface area contributed by atoms with Crippen LogP contribution < -0.4 is 11.1 Å².